The van der Waals surface area contributed by atoms with E-state index in [-0.39, 0.29) is 0 Å². The van der Waals surface area contributed by atoms with Crippen molar-refractivity contribution in [2.75, 3.05) is 31.5 Å². The molecular formula is C14H22N6. The van der Waals surface area contributed by atoms with Crippen molar-refractivity contribution in [2.24, 2.45) is 5.92 Å². The van der Waals surface area contributed by atoms with Crippen molar-refractivity contribution in [3.05, 3.63) is 18.1 Å². The number of piperidine rings is 1. The Labute approximate surface area is 119 Å². The first-order chi connectivity index (χ1) is 9.72. The third-order valence-electron chi connectivity index (χ3n) is 3.99. The number of hydrogen-bond acceptors (Lipinski definition) is 5. The normalized spacial score (nSPS) is 17.7. The first-order valence-electron chi connectivity index (χ1n) is 7.36. The minimum absolute atomic E-state index is 0.652. The molecule has 20 heavy (non-hydrogen) atoms. The second-order valence-corrected chi connectivity index (χ2v) is 5.71. The molecule has 0 amide bonds. The van der Waals surface area contributed by atoms with E-state index in [1.807, 2.05) is 13.0 Å². The van der Waals surface area contributed by atoms with E-state index in [1.54, 1.807) is 10.8 Å². The molecule has 1 N–H and O–H groups in total. The summed E-state index contributed by atoms with van der Waals surface area (Å²) in [7, 11) is 0. The summed E-state index contributed by atoms with van der Waals surface area (Å²) in [6.07, 6.45) is 4.18. The monoisotopic (exact) mass is 274 g/mol. The third kappa shape index (κ3) is 2.90. The van der Waals surface area contributed by atoms with E-state index < -0.39 is 0 Å². The van der Waals surface area contributed by atoms with E-state index in [1.165, 1.54) is 25.9 Å². The lowest BCUT2D eigenvalue weighted by molar-refractivity contribution is 0.199. The molecule has 3 rings (SSSR count). The molecule has 0 radical (unpaired) electrons. The van der Waals surface area contributed by atoms with Crippen LogP contribution in [0.1, 0.15) is 25.5 Å². The molecule has 0 bridgehead atoms. The maximum atomic E-state index is 4.34. The highest BCUT2D eigenvalue weighted by Crippen LogP contribution is 2.15. The number of aromatic nitrogens is 4. The maximum Gasteiger partial charge on any atom is 0.254 e. The Morgan fingerprint density at radius 1 is 1.35 bits per heavy atom. The molecule has 0 spiro atoms. The zero-order valence-electron chi connectivity index (χ0n) is 12.2. The predicted molar refractivity (Wildman–Crippen MR) is 78.8 cm³/mol. The van der Waals surface area contributed by atoms with Crippen LogP contribution in [0.15, 0.2) is 12.4 Å². The van der Waals surface area contributed by atoms with Crippen molar-refractivity contribution < 1.29 is 0 Å². The van der Waals surface area contributed by atoms with E-state index >= 15 is 0 Å². The van der Waals surface area contributed by atoms with Gasteiger partial charge in [-0.2, -0.15) is 14.6 Å². The summed E-state index contributed by atoms with van der Waals surface area (Å²) < 4.78 is 1.76. The van der Waals surface area contributed by atoms with E-state index in [0.717, 1.165) is 30.5 Å². The van der Waals surface area contributed by atoms with Gasteiger partial charge in [0.1, 0.15) is 12.1 Å². The average Bonchev–Trinajstić information content (AvgIpc) is 2.89. The van der Waals surface area contributed by atoms with Gasteiger partial charge in [-0.3, -0.25) is 0 Å². The molecule has 0 saturated carbocycles. The van der Waals surface area contributed by atoms with Crippen LogP contribution in [0.3, 0.4) is 0 Å². The van der Waals surface area contributed by atoms with Crippen LogP contribution in [-0.4, -0.2) is 50.7 Å². The Kier molecular flexibility index (Phi) is 3.82. The number of anilines is 1. The van der Waals surface area contributed by atoms with Gasteiger partial charge in [0.25, 0.3) is 5.78 Å². The molecule has 2 aromatic heterocycles. The highest BCUT2D eigenvalue weighted by atomic mass is 15.4. The molecular weight excluding hydrogens is 252 g/mol. The molecule has 3 heterocycles. The topological polar surface area (TPSA) is 58.4 Å². The first-order valence-corrected chi connectivity index (χ1v) is 7.36. The fourth-order valence-corrected chi connectivity index (χ4v) is 2.68. The van der Waals surface area contributed by atoms with Crippen molar-refractivity contribution >= 4 is 11.6 Å². The molecule has 1 saturated heterocycles. The molecule has 0 unspecified atom stereocenters. The lowest BCUT2D eigenvalue weighted by Crippen LogP contribution is -2.36. The molecule has 0 aliphatic carbocycles. The second-order valence-electron chi connectivity index (χ2n) is 5.71. The van der Waals surface area contributed by atoms with E-state index in [9.17, 15) is 0 Å². The summed E-state index contributed by atoms with van der Waals surface area (Å²) in [6, 6.07) is 2.01. The molecule has 1 fully saturated rings. The number of nitrogens with one attached hydrogen (secondary N) is 1. The van der Waals surface area contributed by atoms with Crippen LogP contribution in [0.4, 0.5) is 5.82 Å². The van der Waals surface area contributed by atoms with E-state index in [0.29, 0.717) is 5.78 Å². The molecule has 1 aliphatic heterocycles. The van der Waals surface area contributed by atoms with Crippen LogP contribution in [0.25, 0.3) is 5.78 Å². The number of nitrogens with zero attached hydrogens (tertiary/aromatic N) is 5. The van der Waals surface area contributed by atoms with E-state index in [2.05, 4.69) is 32.2 Å². The van der Waals surface area contributed by atoms with Crippen molar-refractivity contribution in [2.45, 2.75) is 26.7 Å². The van der Waals surface area contributed by atoms with Gasteiger partial charge in [-0.25, -0.2) is 4.98 Å². The summed E-state index contributed by atoms with van der Waals surface area (Å²) in [6.45, 7) is 8.76. The lowest BCUT2D eigenvalue weighted by atomic mass is 9.99. The van der Waals surface area contributed by atoms with Gasteiger partial charge in [-0.05, 0) is 38.8 Å². The van der Waals surface area contributed by atoms with Crippen molar-refractivity contribution in [3.8, 4) is 0 Å². The SMILES string of the molecule is Cc1cc(NCCN2CCC(C)CC2)n2ncnc2n1. The molecule has 6 nitrogen and oxygen atoms in total. The Hall–Kier alpha value is -1.69. The summed E-state index contributed by atoms with van der Waals surface area (Å²) >= 11 is 0. The quantitative estimate of drug-likeness (QED) is 0.917. The van der Waals surface area contributed by atoms with Crippen molar-refractivity contribution in [1.29, 1.82) is 0 Å². The van der Waals surface area contributed by atoms with Crippen LogP contribution in [0.5, 0.6) is 0 Å². The molecule has 0 atom stereocenters. The molecule has 2 aromatic rings. The Morgan fingerprint density at radius 3 is 2.95 bits per heavy atom. The number of fused-ring (bicyclic) bond motifs is 1. The Balaban J connectivity index is 1.58. The molecule has 0 aromatic carbocycles. The number of aryl methyl sites for hydroxylation is 1. The van der Waals surface area contributed by atoms with Crippen molar-refractivity contribution in [3.63, 3.8) is 0 Å². The summed E-state index contributed by atoms with van der Waals surface area (Å²) in [5, 5.41) is 7.65. The molecule has 6 heteroatoms. The van der Waals surface area contributed by atoms with Crippen LogP contribution in [0, 0.1) is 12.8 Å². The average molecular weight is 274 g/mol. The fourth-order valence-electron chi connectivity index (χ4n) is 2.68. The standard InChI is InChI=1S/C14H22N6/c1-11-3-6-19(7-4-11)8-5-15-13-9-12(2)18-14-16-10-17-20(13)14/h9-11,15H,3-8H2,1-2H3. The van der Waals surface area contributed by atoms with Crippen LogP contribution < -0.4 is 5.32 Å². The van der Waals surface area contributed by atoms with Crippen LogP contribution in [-0.2, 0) is 0 Å². The summed E-state index contributed by atoms with van der Waals surface area (Å²) in [5.41, 5.74) is 0.958. The smallest absolute Gasteiger partial charge is 0.254 e. The highest BCUT2D eigenvalue weighted by molar-refractivity contribution is 5.44. The lowest BCUT2D eigenvalue weighted by Gasteiger charge is -2.30. The number of likely N-dealkylation sites (tertiary alicyclic amines) is 1. The fraction of sp³-hybridized carbons (Fsp3) is 0.643. The summed E-state index contributed by atoms with van der Waals surface area (Å²) in [5.74, 6) is 2.51. The zero-order valence-corrected chi connectivity index (χ0v) is 12.2. The van der Waals surface area contributed by atoms with Crippen molar-refractivity contribution in [1.82, 2.24) is 24.5 Å². The number of rotatable bonds is 4. The predicted octanol–water partition coefficient (Wildman–Crippen LogP) is 1.58. The van der Waals surface area contributed by atoms with Gasteiger partial charge in [-0.1, -0.05) is 6.92 Å². The minimum atomic E-state index is 0.652. The second kappa shape index (κ2) is 5.75. The molecule has 1 aliphatic rings. The minimum Gasteiger partial charge on any atom is -0.369 e. The highest BCUT2D eigenvalue weighted by Gasteiger charge is 2.15. The van der Waals surface area contributed by atoms with Gasteiger partial charge in [0.05, 0.1) is 0 Å². The van der Waals surface area contributed by atoms with Crippen LogP contribution >= 0.6 is 0 Å². The maximum absolute atomic E-state index is 4.34. The summed E-state index contributed by atoms with van der Waals surface area (Å²) in [4.78, 5) is 11.0. The third-order valence-corrected chi connectivity index (χ3v) is 3.99. The van der Waals surface area contributed by atoms with Gasteiger partial charge in [-0.15, -0.1) is 0 Å². The number of hydrogen-bond donors (Lipinski definition) is 1. The van der Waals surface area contributed by atoms with Gasteiger partial charge >= 0.3 is 0 Å². The first kappa shape index (κ1) is 13.3. The zero-order chi connectivity index (χ0) is 13.9. The van der Waals surface area contributed by atoms with Gasteiger partial charge in [0.2, 0.25) is 0 Å². The van der Waals surface area contributed by atoms with E-state index in [4.69, 9.17) is 0 Å². The molecule has 108 valence electrons. The van der Waals surface area contributed by atoms with Gasteiger partial charge < -0.3 is 10.2 Å². The largest absolute Gasteiger partial charge is 0.369 e. The Bertz CT molecular complexity index is 570. The van der Waals surface area contributed by atoms with Gasteiger partial charge in [0.15, 0.2) is 0 Å². The Morgan fingerprint density at radius 2 is 2.15 bits per heavy atom. The van der Waals surface area contributed by atoms with Crippen LogP contribution in [0.2, 0.25) is 0 Å². The van der Waals surface area contributed by atoms with Gasteiger partial charge in [0, 0.05) is 24.8 Å².